The lowest BCUT2D eigenvalue weighted by Crippen LogP contribution is -2.57. The highest BCUT2D eigenvalue weighted by Gasteiger charge is 2.41. The number of Topliss-reactive ketones (excluding diaryl/α,β-unsaturated/α-hetero) is 1. The summed E-state index contributed by atoms with van der Waals surface area (Å²) in [5.74, 6) is -2.41. The molecule has 0 aromatic rings. The maximum absolute atomic E-state index is 13.3. The first-order chi connectivity index (χ1) is 16.7. The molecule has 1 aliphatic heterocycles. The van der Waals surface area contributed by atoms with Gasteiger partial charge in [-0.1, -0.05) is 52.9 Å². The molecule has 10 heteroatoms. The summed E-state index contributed by atoms with van der Waals surface area (Å²) in [4.78, 5) is 63.0. The summed E-state index contributed by atoms with van der Waals surface area (Å²) in [7, 11) is 0. The van der Waals surface area contributed by atoms with Crippen LogP contribution in [0.1, 0.15) is 85.0 Å². The van der Waals surface area contributed by atoms with Gasteiger partial charge in [0.1, 0.15) is 12.1 Å². The van der Waals surface area contributed by atoms with E-state index in [1.54, 1.807) is 0 Å². The van der Waals surface area contributed by atoms with E-state index >= 15 is 0 Å². The first kappa shape index (κ1) is 30.5. The number of rotatable bonds is 12. The zero-order valence-corrected chi connectivity index (χ0v) is 21.6. The average molecular weight is 496 g/mol. The standard InChI is InChI=1S/C23H38N4O5.C2H7N/c1-3-8-15(2)13-17(20(29)21(24)30)26-22(31)18-11-7-12-27(18)23(32)19(25-14-28)16-9-5-4-6-10-16;1-2-3/h14-19H,3-13H2,1-2H3,(H2,24,30)(H,25,28)(H,26,31);2-3H2,1H3. The normalized spacial score (nSPS) is 20.6. The van der Waals surface area contributed by atoms with Gasteiger partial charge in [-0.05, 0) is 50.5 Å². The third kappa shape index (κ3) is 9.58. The number of ketones is 1. The number of hydrogen-bond donors (Lipinski definition) is 4. The van der Waals surface area contributed by atoms with E-state index in [-0.39, 0.29) is 17.7 Å². The molecule has 2 rings (SSSR count). The number of hydrogen-bond acceptors (Lipinski definition) is 6. The Kier molecular flexibility index (Phi) is 14.2. The number of carbonyl (C=O) groups excluding carboxylic acids is 5. The van der Waals surface area contributed by atoms with Gasteiger partial charge in [0, 0.05) is 6.54 Å². The van der Waals surface area contributed by atoms with E-state index in [1.807, 2.05) is 20.8 Å². The summed E-state index contributed by atoms with van der Waals surface area (Å²) in [6.45, 7) is 7.06. The van der Waals surface area contributed by atoms with Crippen LogP contribution in [0.3, 0.4) is 0 Å². The van der Waals surface area contributed by atoms with Crippen LogP contribution >= 0.6 is 0 Å². The second-order valence-electron chi connectivity index (χ2n) is 9.68. The van der Waals surface area contributed by atoms with Crippen molar-refractivity contribution in [3.63, 3.8) is 0 Å². The zero-order valence-electron chi connectivity index (χ0n) is 21.6. The van der Waals surface area contributed by atoms with E-state index in [9.17, 15) is 24.0 Å². The molecule has 4 amide bonds. The highest BCUT2D eigenvalue weighted by Crippen LogP contribution is 2.29. The fraction of sp³-hybridized carbons (Fsp3) is 0.800. The van der Waals surface area contributed by atoms with Crippen molar-refractivity contribution in [2.24, 2.45) is 23.3 Å². The third-order valence-corrected chi connectivity index (χ3v) is 6.77. The van der Waals surface area contributed by atoms with Crippen molar-refractivity contribution >= 4 is 29.9 Å². The SMILES string of the molecule is CCCC(C)CC(NC(=O)C1CCCN1C(=O)C(NC=O)C1CCCCC1)C(=O)C(N)=O.CCN. The summed E-state index contributed by atoms with van der Waals surface area (Å²) in [5.41, 5.74) is 10.0. The Morgan fingerprint density at radius 2 is 1.69 bits per heavy atom. The van der Waals surface area contributed by atoms with Crippen LogP contribution in [0.25, 0.3) is 0 Å². The highest BCUT2D eigenvalue weighted by molar-refractivity contribution is 6.37. The minimum Gasteiger partial charge on any atom is -0.363 e. The predicted octanol–water partition coefficient (Wildman–Crippen LogP) is 1.00. The molecule has 2 fully saturated rings. The Bertz CT molecular complexity index is 710. The van der Waals surface area contributed by atoms with Crippen LogP contribution in [0.2, 0.25) is 0 Å². The van der Waals surface area contributed by atoms with Crippen LogP contribution in [0, 0.1) is 11.8 Å². The number of amides is 4. The molecule has 4 unspecified atom stereocenters. The lowest BCUT2D eigenvalue weighted by atomic mass is 9.83. The van der Waals surface area contributed by atoms with Crippen LogP contribution in [0.4, 0.5) is 0 Å². The fourth-order valence-electron chi connectivity index (χ4n) is 5.12. The first-order valence-corrected chi connectivity index (χ1v) is 13.1. The maximum Gasteiger partial charge on any atom is 0.287 e. The summed E-state index contributed by atoms with van der Waals surface area (Å²) >= 11 is 0. The Morgan fingerprint density at radius 1 is 1.06 bits per heavy atom. The second-order valence-corrected chi connectivity index (χ2v) is 9.68. The van der Waals surface area contributed by atoms with Crippen molar-refractivity contribution < 1.29 is 24.0 Å². The van der Waals surface area contributed by atoms with Crippen LogP contribution in [0.5, 0.6) is 0 Å². The van der Waals surface area contributed by atoms with Crippen molar-refractivity contribution in [1.29, 1.82) is 0 Å². The van der Waals surface area contributed by atoms with E-state index in [4.69, 9.17) is 11.5 Å². The van der Waals surface area contributed by atoms with Crippen molar-refractivity contribution in [3.8, 4) is 0 Å². The monoisotopic (exact) mass is 495 g/mol. The Balaban J connectivity index is 0.00000194. The van der Waals surface area contributed by atoms with Crippen molar-refractivity contribution in [3.05, 3.63) is 0 Å². The van der Waals surface area contributed by atoms with Crippen LogP contribution in [0.15, 0.2) is 0 Å². The van der Waals surface area contributed by atoms with Gasteiger partial charge >= 0.3 is 0 Å². The van der Waals surface area contributed by atoms with E-state index in [1.165, 1.54) is 4.90 Å². The smallest absolute Gasteiger partial charge is 0.287 e. The molecule has 2 aliphatic rings. The Labute approximate surface area is 209 Å². The molecule has 200 valence electrons. The zero-order chi connectivity index (χ0) is 26.4. The van der Waals surface area contributed by atoms with E-state index in [0.717, 1.165) is 51.5 Å². The first-order valence-electron chi connectivity index (χ1n) is 13.1. The topological polar surface area (TPSA) is 165 Å². The van der Waals surface area contributed by atoms with E-state index < -0.39 is 35.7 Å². The molecule has 0 aromatic heterocycles. The summed E-state index contributed by atoms with van der Waals surface area (Å²) in [5, 5.41) is 5.38. The molecule has 10 nitrogen and oxygen atoms in total. The molecule has 0 aromatic carbocycles. The number of nitrogens with one attached hydrogen (secondary N) is 2. The van der Waals surface area contributed by atoms with Gasteiger partial charge in [-0.25, -0.2) is 0 Å². The third-order valence-electron chi connectivity index (χ3n) is 6.77. The van der Waals surface area contributed by atoms with Gasteiger partial charge in [-0.2, -0.15) is 0 Å². The predicted molar refractivity (Wildman–Crippen MR) is 134 cm³/mol. The number of primary amides is 1. The van der Waals surface area contributed by atoms with Crippen LogP contribution < -0.4 is 22.1 Å². The molecule has 4 atom stereocenters. The van der Waals surface area contributed by atoms with Crippen molar-refractivity contribution in [2.45, 2.75) is 103 Å². The lowest BCUT2D eigenvalue weighted by molar-refractivity contribution is -0.143. The molecule has 35 heavy (non-hydrogen) atoms. The molecule has 1 saturated heterocycles. The van der Waals surface area contributed by atoms with Gasteiger partial charge in [0.15, 0.2) is 0 Å². The average Bonchev–Trinajstić information content (AvgIpc) is 3.32. The van der Waals surface area contributed by atoms with Crippen LogP contribution in [-0.2, 0) is 24.0 Å². The molecule has 1 aliphatic carbocycles. The highest BCUT2D eigenvalue weighted by atomic mass is 16.2. The summed E-state index contributed by atoms with van der Waals surface area (Å²) < 4.78 is 0. The number of nitrogens with zero attached hydrogens (tertiary/aromatic N) is 1. The Morgan fingerprint density at radius 3 is 2.23 bits per heavy atom. The molecule has 1 saturated carbocycles. The fourth-order valence-corrected chi connectivity index (χ4v) is 5.12. The second kappa shape index (κ2) is 16.2. The molecular weight excluding hydrogens is 450 g/mol. The summed E-state index contributed by atoms with van der Waals surface area (Å²) in [6, 6.07) is -2.37. The molecule has 0 bridgehead atoms. The van der Waals surface area contributed by atoms with E-state index in [0.29, 0.717) is 32.2 Å². The largest absolute Gasteiger partial charge is 0.363 e. The van der Waals surface area contributed by atoms with Gasteiger partial charge in [-0.3, -0.25) is 24.0 Å². The molecule has 6 N–H and O–H groups in total. The Hall–Kier alpha value is -2.49. The summed E-state index contributed by atoms with van der Waals surface area (Å²) in [6.07, 6.45) is 8.67. The van der Waals surface area contributed by atoms with Gasteiger partial charge in [0.05, 0.1) is 6.04 Å². The lowest BCUT2D eigenvalue weighted by Gasteiger charge is -2.34. The number of carbonyl (C=O) groups is 5. The van der Waals surface area contributed by atoms with Crippen LogP contribution in [-0.4, -0.2) is 66.0 Å². The quantitative estimate of drug-likeness (QED) is 0.233. The molecular formula is C25H45N5O5. The number of nitrogens with two attached hydrogens (primary N) is 2. The molecule has 1 heterocycles. The van der Waals surface area contributed by atoms with Gasteiger partial charge in [0.25, 0.3) is 5.91 Å². The van der Waals surface area contributed by atoms with Gasteiger partial charge in [0.2, 0.25) is 24.0 Å². The van der Waals surface area contributed by atoms with Crippen molar-refractivity contribution in [1.82, 2.24) is 15.5 Å². The molecule has 0 radical (unpaired) electrons. The van der Waals surface area contributed by atoms with E-state index in [2.05, 4.69) is 10.6 Å². The maximum atomic E-state index is 13.3. The van der Waals surface area contributed by atoms with Crippen molar-refractivity contribution in [2.75, 3.05) is 13.1 Å². The van der Waals surface area contributed by atoms with Gasteiger partial charge < -0.3 is 27.0 Å². The minimum absolute atomic E-state index is 0.0600. The molecule has 0 spiro atoms. The minimum atomic E-state index is -1.08. The van der Waals surface area contributed by atoms with Gasteiger partial charge in [-0.15, -0.1) is 0 Å². The number of likely N-dealkylation sites (tertiary alicyclic amines) is 1.